The van der Waals surface area contributed by atoms with Crippen LogP contribution in [-0.4, -0.2) is 73.8 Å². The number of methoxy groups -OCH3 is 1. The Bertz CT molecular complexity index is 727. The van der Waals surface area contributed by atoms with E-state index in [1.165, 1.54) is 0 Å². The van der Waals surface area contributed by atoms with E-state index in [0.717, 1.165) is 12.0 Å². The number of carbonyl (C=O) groups is 1. The minimum absolute atomic E-state index is 0.0485. The molecule has 0 aliphatic carbocycles. The Morgan fingerprint density at radius 1 is 1.38 bits per heavy atom. The van der Waals surface area contributed by atoms with Gasteiger partial charge in [0.25, 0.3) is 0 Å². The highest BCUT2D eigenvalue weighted by Gasteiger charge is 2.48. The standard InChI is InChI=1S/C22H33NO6/c1-5-22(12-28-13-22)14-29-19-8-16(6-7-18(19)27-4)17-9-23(20(26)10-24)11-21(17,3)15(2)25/h6-8,15,17,24-25H,5,9-14H2,1-4H3/t15-,17?,21-/m1/s1. The fourth-order valence-electron chi connectivity index (χ4n) is 4.25. The van der Waals surface area contributed by atoms with Crippen molar-refractivity contribution in [3.63, 3.8) is 0 Å². The molecule has 1 amide bonds. The second-order valence-electron chi connectivity index (χ2n) is 8.71. The molecular formula is C22H33NO6. The van der Waals surface area contributed by atoms with Crippen LogP contribution in [-0.2, 0) is 9.53 Å². The van der Waals surface area contributed by atoms with E-state index in [1.54, 1.807) is 18.9 Å². The number of nitrogens with zero attached hydrogens (tertiary/aromatic N) is 1. The van der Waals surface area contributed by atoms with E-state index < -0.39 is 18.1 Å². The van der Waals surface area contributed by atoms with Gasteiger partial charge in [0.2, 0.25) is 5.91 Å². The highest BCUT2D eigenvalue weighted by atomic mass is 16.5. The minimum Gasteiger partial charge on any atom is -0.493 e. The van der Waals surface area contributed by atoms with Crippen molar-refractivity contribution in [2.45, 2.75) is 39.2 Å². The summed E-state index contributed by atoms with van der Waals surface area (Å²) < 4.78 is 17.0. The average Bonchev–Trinajstić information content (AvgIpc) is 3.05. The van der Waals surface area contributed by atoms with E-state index in [1.807, 2.05) is 25.1 Å². The molecule has 2 heterocycles. The van der Waals surface area contributed by atoms with Gasteiger partial charge in [-0.25, -0.2) is 0 Å². The summed E-state index contributed by atoms with van der Waals surface area (Å²) in [7, 11) is 1.61. The van der Waals surface area contributed by atoms with E-state index >= 15 is 0 Å². The number of aliphatic hydroxyl groups is 2. The van der Waals surface area contributed by atoms with Crippen molar-refractivity contribution in [3.8, 4) is 11.5 Å². The van der Waals surface area contributed by atoms with Crippen LogP contribution in [0.1, 0.15) is 38.7 Å². The molecular weight excluding hydrogens is 374 g/mol. The molecule has 0 spiro atoms. The van der Waals surface area contributed by atoms with Crippen LogP contribution in [0.4, 0.5) is 0 Å². The van der Waals surface area contributed by atoms with Gasteiger partial charge in [-0.2, -0.15) is 0 Å². The third-order valence-corrected chi connectivity index (χ3v) is 6.86. The van der Waals surface area contributed by atoms with Gasteiger partial charge in [0, 0.05) is 24.4 Å². The van der Waals surface area contributed by atoms with Gasteiger partial charge in [0.15, 0.2) is 11.5 Å². The van der Waals surface area contributed by atoms with Crippen molar-refractivity contribution in [1.82, 2.24) is 4.90 Å². The Balaban J connectivity index is 1.87. The first-order valence-electron chi connectivity index (χ1n) is 10.2. The summed E-state index contributed by atoms with van der Waals surface area (Å²) in [5.74, 6) is 0.905. The molecule has 7 heteroatoms. The van der Waals surface area contributed by atoms with E-state index in [2.05, 4.69) is 6.92 Å². The van der Waals surface area contributed by atoms with Crippen molar-refractivity contribution in [1.29, 1.82) is 0 Å². The SMILES string of the molecule is CCC1(COc2cc(C3CN(C(=O)CO)C[C@]3(C)[C@@H](C)O)ccc2OC)COC1. The number of benzene rings is 1. The maximum Gasteiger partial charge on any atom is 0.248 e. The van der Waals surface area contributed by atoms with Gasteiger partial charge in [-0.1, -0.05) is 19.9 Å². The van der Waals surface area contributed by atoms with Crippen LogP contribution in [0.5, 0.6) is 11.5 Å². The van der Waals surface area contributed by atoms with E-state index in [9.17, 15) is 15.0 Å². The van der Waals surface area contributed by atoms with Gasteiger partial charge in [0.1, 0.15) is 6.61 Å². The zero-order chi connectivity index (χ0) is 21.2. The van der Waals surface area contributed by atoms with Crippen LogP contribution in [0.3, 0.4) is 0 Å². The molecule has 0 radical (unpaired) electrons. The van der Waals surface area contributed by atoms with E-state index in [4.69, 9.17) is 14.2 Å². The van der Waals surface area contributed by atoms with E-state index in [0.29, 0.717) is 44.4 Å². The van der Waals surface area contributed by atoms with Crippen molar-refractivity contribution in [3.05, 3.63) is 23.8 Å². The Morgan fingerprint density at radius 2 is 2.10 bits per heavy atom. The van der Waals surface area contributed by atoms with Gasteiger partial charge in [-0.15, -0.1) is 0 Å². The molecule has 2 fully saturated rings. The normalized spacial score (nSPS) is 26.7. The molecule has 162 valence electrons. The van der Waals surface area contributed by atoms with Gasteiger partial charge in [-0.3, -0.25) is 4.79 Å². The van der Waals surface area contributed by atoms with Gasteiger partial charge >= 0.3 is 0 Å². The summed E-state index contributed by atoms with van der Waals surface area (Å²) in [4.78, 5) is 13.7. The van der Waals surface area contributed by atoms with Crippen LogP contribution >= 0.6 is 0 Å². The first-order valence-corrected chi connectivity index (χ1v) is 10.2. The number of hydrogen-bond acceptors (Lipinski definition) is 6. The smallest absolute Gasteiger partial charge is 0.248 e. The zero-order valence-electron chi connectivity index (χ0n) is 17.8. The highest BCUT2D eigenvalue weighted by Crippen LogP contribution is 2.47. The Morgan fingerprint density at radius 3 is 2.62 bits per heavy atom. The summed E-state index contributed by atoms with van der Waals surface area (Å²) in [6, 6.07) is 5.80. The molecule has 0 bridgehead atoms. The average molecular weight is 408 g/mol. The molecule has 1 aromatic rings. The summed E-state index contributed by atoms with van der Waals surface area (Å²) in [6.07, 6.45) is 0.363. The molecule has 2 aliphatic rings. The second kappa shape index (κ2) is 8.50. The molecule has 3 atom stereocenters. The fraction of sp³-hybridized carbons (Fsp3) is 0.682. The third-order valence-electron chi connectivity index (χ3n) is 6.86. The number of hydrogen-bond donors (Lipinski definition) is 2. The van der Waals surface area contributed by atoms with Crippen LogP contribution < -0.4 is 9.47 Å². The summed E-state index contributed by atoms with van der Waals surface area (Å²) in [5.41, 5.74) is 0.503. The minimum atomic E-state index is -0.619. The molecule has 0 aromatic heterocycles. The first kappa shape index (κ1) is 21.9. The molecule has 2 N–H and O–H groups in total. The maximum atomic E-state index is 12.1. The Labute approximate surface area is 172 Å². The largest absolute Gasteiger partial charge is 0.493 e. The van der Waals surface area contributed by atoms with Crippen molar-refractivity contribution >= 4 is 5.91 Å². The summed E-state index contributed by atoms with van der Waals surface area (Å²) >= 11 is 0. The predicted octanol–water partition coefficient (Wildman–Crippen LogP) is 1.81. The quantitative estimate of drug-likeness (QED) is 0.683. The molecule has 29 heavy (non-hydrogen) atoms. The van der Waals surface area contributed by atoms with Crippen LogP contribution in [0, 0.1) is 10.8 Å². The predicted molar refractivity (Wildman–Crippen MR) is 108 cm³/mol. The lowest BCUT2D eigenvalue weighted by Crippen LogP contribution is -2.46. The highest BCUT2D eigenvalue weighted by molar-refractivity contribution is 5.77. The van der Waals surface area contributed by atoms with Crippen LogP contribution in [0.15, 0.2) is 18.2 Å². The summed E-state index contributed by atoms with van der Waals surface area (Å²) in [6.45, 7) is 8.14. The lowest BCUT2D eigenvalue weighted by atomic mass is 9.72. The van der Waals surface area contributed by atoms with Gasteiger partial charge < -0.3 is 29.3 Å². The number of rotatable bonds is 8. The molecule has 2 aliphatic heterocycles. The van der Waals surface area contributed by atoms with Gasteiger partial charge in [-0.05, 0) is 31.0 Å². The molecule has 7 nitrogen and oxygen atoms in total. The van der Waals surface area contributed by atoms with Crippen LogP contribution in [0.25, 0.3) is 0 Å². The molecule has 2 saturated heterocycles. The molecule has 1 aromatic carbocycles. The van der Waals surface area contributed by atoms with Crippen molar-refractivity contribution in [2.75, 3.05) is 46.6 Å². The zero-order valence-corrected chi connectivity index (χ0v) is 17.8. The van der Waals surface area contributed by atoms with Crippen LogP contribution in [0.2, 0.25) is 0 Å². The first-order chi connectivity index (χ1) is 13.8. The number of likely N-dealkylation sites (tertiary alicyclic amines) is 1. The van der Waals surface area contributed by atoms with Gasteiger partial charge in [0.05, 0.1) is 38.4 Å². The second-order valence-corrected chi connectivity index (χ2v) is 8.71. The van der Waals surface area contributed by atoms with Crippen molar-refractivity contribution < 1.29 is 29.2 Å². The molecule has 0 saturated carbocycles. The third kappa shape index (κ3) is 4.09. The van der Waals surface area contributed by atoms with E-state index in [-0.39, 0.29) is 17.2 Å². The maximum absolute atomic E-state index is 12.1. The lowest BCUT2D eigenvalue weighted by molar-refractivity contribution is -0.133. The topological polar surface area (TPSA) is 88.5 Å². The monoisotopic (exact) mass is 407 g/mol. The number of carbonyl (C=O) groups excluding carboxylic acids is 1. The van der Waals surface area contributed by atoms with Crippen molar-refractivity contribution in [2.24, 2.45) is 10.8 Å². The molecule has 3 rings (SSSR count). The number of ether oxygens (including phenoxy) is 3. The lowest BCUT2D eigenvalue weighted by Gasteiger charge is -2.40. The summed E-state index contributed by atoms with van der Waals surface area (Å²) in [5, 5.41) is 19.8. The number of aliphatic hydroxyl groups excluding tert-OH is 2. The molecule has 1 unspecified atom stereocenters. The number of amides is 1. The fourth-order valence-corrected chi connectivity index (χ4v) is 4.25. The Hall–Kier alpha value is -1.83. The Kier molecular flexibility index (Phi) is 6.41.